The first kappa shape index (κ1) is 16.8. The summed E-state index contributed by atoms with van der Waals surface area (Å²) in [4.78, 5) is 12.7. The standard InChI is InChI=1S/C18H23NO2S/c1-13(2)17(11-14(3)18(20)21-4)22-19-10-9-15-7-5-6-8-16(15)12-19/h5-8,11H,9-10,12H2,1-4H3/b14-11+. The van der Waals surface area contributed by atoms with Gasteiger partial charge in [0.05, 0.1) is 7.11 Å². The SMILES string of the molecule is COC(=O)/C(C)=C/C(SN1CCc2ccccc2C1)=C(C)C. The molecule has 3 nitrogen and oxygen atoms in total. The highest BCUT2D eigenvalue weighted by Crippen LogP contribution is 2.31. The fourth-order valence-electron chi connectivity index (χ4n) is 2.37. The highest BCUT2D eigenvalue weighted by molar-refractivity contribution is 8.01. The minimum atomic E-state index is -0.275. The normalized spacial score (nSPS) is 15.2. The van der Waals surface area contributed by atoms with Gasteiger partial charge in [0.2, 0.25) is 0 Å². The number of nitrogens with zero attached hydrogens (tertiary/aromatic N) is 1. The predicted octanol–water partition coefficient (Wildman–Crippen LogP) is 4.11. The highest BCUT2D eigenvalue weighted by Gasteiger charge is 2.18. The third kappa shape index (κ3) is 4.24. The Morgan fingerprint density at radius 1 is 1.23 bits per heavy atom. The van der Waals surface area contributed by atoms with Crippen molar-refractivity contribution in [2.75, 3.05) is 13.7 Å². The van der Waals surface area contributed by atoms with Crippen molar-refractivity contribution in [2.45, 2.75) is 33.7 Å². The van der Waals surface area contributed by atoms with E-state index >= 15 is 0 Å². The number of hydrogen-bond donors (Lipinski definition) is 0. The van der Waals surface area contributed by atoms with Crippen LogP contribution in [0.4, 0.5) is 0 Å². The van der Waals surface area contributed by atoms with Crippen LogP contribution in [0.15, 0.2) is 46.4 Å². The third-order valence-electron chi connectivity index (χ3n) is 3.67. The lowest BCUT2D eigenvalue weighted by Gasteiger charge is -2.28. The molecule has 118 valence electrons. The molecule has 0 amide bonds. The molecular weight excluding hydrogens is 294 g/mol. The minimum Gasteiger partial charge on any atom is -0.466 e. The van der Waals surface area contributed by atoms with E-state index in [0.29, 0.717) is 5.57 Å². The average Bonchev–Trinajstić information content (AvgIpc) is 2.53. The van der Waals surface area contributed by atoms with Crippen LogP contribution in [0.5, 0.6) is 0 Å². The van der Waals surface area contributed by atoms with E-state index in [4.69, 9.17) is 4.74 Å². The van der Waals surface area contributed by atoms with Crippen LogP contribution in [-0.4, -0.2) is 23.9 Å². The van der Waals surface area contributed by atoms with Crippen LogP contribution in [0.2, 0.25) is 0 Å². The van der Waals surface area contributed by atoms with Gasteiger partial charge in [0.15, 0.2) is 0 Å². The Balaban J connectivity index is 2.11. The smallest absolute Gasteiger partial charge is 0.333 e. The van der Waals surface area contributed by atoms with Crippen molar-refractivity contribution >= 4 is 17.9 Å². The van der Waals surface area contributed by atoms with Gasteiger partial charge in [-0.2, -0.15) is 0 Å². The second kappa shape index (κ2) is 7.65. The Hall–Kier alpha value is -1.52. The van der Waals surface area contributed by atoms with E-state index in [0.717, 1.165) is 24.4 Å². The number of benzene rings is 1. The van der Waals surface area contributed by atoms with Gasteiger partial charge in [0.25, 0.3) is 0 Å². The number of carbonyl (C=O) groups excluding carboxylic acids is 1. The molecule has 0 atom stereocenters. The fraction of sp³-hybridized carbons (Fsp3) is 0.389. The maximum absolute atomic E-state index is 11.6. The molecule has 1 aliphatic rings. The summed E-state index contributed by atoms with van der Waals surface area (Å²) in [6.07, 6.45) is 2.99. The van der Waals surface area contributed by atoms with Gasteiger partial charge < -0.3 is 4.74 Å². The number of esters is 1. The van der Waals surface area contributed by atoms with E-state index in [2.05, 4.69) is 42.4 Å². The molecule has 0 N–H and O–H groups in total. The van der Waals surface area contributed by atoms with Crippen molar-refractivity contribution in [1.29, 1.82) is 0 Å². The summed E-state index contributed by atoms with van der Waals surface area (Å²) >= 11 is 1.72. The Bertz CT molecular complexity index is 615. The predicted molar refractivity (Wildman–Crippen MR) is 92.3 cm³/mol. The molecule has 0 aliphatic carbocycles. The van der Waals surface area contributed by atoms with E-state index in [-0.39, 0.29) is 5.97 Å². The molecular formula is C18H23NO2S. The number of ether oxygens (including phenoxy) is 1. The zero-order chi connectivity index (χ0) is 16.1. The molecule has 0 unspecified atom stereocenters. The molecule has 1 aromatic carbocycles. The van der Waals surface area contributed by atoms with Crippen LogP contribution >= 0.6 is 11.9 Å². The Kier molecular flexibility index (Phi) is 5.86. The van der Waals surface area contributed by atoms with Gasteiger partial charge in [-0.3, -0.25) is 0 Å². The Labute approximate surface area is 137 Å². The molecule has 0 saturated heterocycles. The van der Waals surface area contributed by atoms with E-state index in [1.54, 1.807) is 18.9 Å². The Morgan fingerprint density at radius 2 is 1.91 bits per heavy atom. The summed E-state index contributed by atoms with van der Waals surface area (Å²) in [5, 5.41) is 0. The highest BCUT2D eigenvalue weighted by atomic mass is 32.2. The van der Waals surface area contributed by atoms with Crippen molar-refractivity contribution in [3.05, 3.63) is 57.5 Å². The minimum absolute atomic E-state index is 0.275. The summed E-state index contributed by atoms with van der Waals surface area (Å²) in [7, 11) is 1.41. The third-order valence-corrected chi connectivity index (χ3v) is 4.96. The molecule has 0 saturated carbocycles. The van der Waals surface area contributed by atoms with Crippen LogP contribution in [0.3, 0.4) is 0 Å². The van der Waals surface area contributed by atoms with Gasteiger partial charge in [-0.25, -0.2) is 9.10 Å². The van der Waals surface area contributed by atoms with Crippen LogP contribution in [0.25, 0.3) is 0 Å². The van der Waals surface area contributed by atoms with E-state index in [9.17, 15) is 4.79 Å². The second-order valence-electron chi connectivity index (χ2n) is 5.66. The first-order valence-corrected chi connectivity index (χ1v) is 8.22. The van der Waals surface area contributed by atoms with Crippen molar-refractivity contribution in [2.24, 2.45) is 0 Å². The second-order valence-corrected chi connectivity index (χ2v) is 6.80. The van der Waals surface area contributed by atoms with Crippen molar-refractivity contribution in [3.8, 4) is 0 Å². The molecule has 1 heterocycles. The summed E-state index contributed by atoms with van der Waals surface area (Å²) in [6, 6.07) is 8.60. The lowest BCUT2D eigenvalue weighted by atomic mass is 10.0. The molecule has 0 fully saturated rings. The van der Waals surface area contributed by atoms with E-state index < -0.39 is 0 Å². The molecule has 22 heavy (non-hydrogen) atoms. The average molecular weight is 317 g/mol. The fourth-order valence-corrected chi connectivity index (χ4v) is 3.44. The maximum Gasteiger partial charge on any atom is 0.333 e. The number of fused-ring (bicyclic) bond motifs is 1. The van der Waals surface area contributed by atoms with Gasteiger partial charge in [-0.05, 0) is 56.3 Å². The molecule has 4 heteroatoms. The zero-order valence-corrected chi connectivity index (χ0v) is 14.5. The quantitative estimate of drug-likeness (QED) is 0.362. The summed E-state index contributed by atoms with van der Waals surface area (Å²) < 4.78 is 7.13. The molecule has 0 bridgehead atoms. The maximum atomic E-state index is 11.6. The van der Waals surface area contributed by atoms with Crippen molar-refractivity contribution in [1.82, 2.24) is 4.31 Å². The Morgan fingerprint density at radius 3 is 2.55 bits per heavy atom. The first-order chi connectivity index (χ1) is 10.5. The summed E-state index contributed by atoms with van der Waals surface area (Å²) in [5.41, 5.74) is 4.66. The topological polar surface area (TPSA) is 29.5 Å². The number of allylic oxidation sites excluding steroid dienone is 2. The molecule has 1 aromatic rings. The molecule has 0 aromatic heterocycles. The largest absolute Gasteiger partial charge is 0.466 e. The molecule has 1 aliphatic heterocycles. The van der Waals surface area contributed by atoms with Crippen molar-refractivity contribution in [3.63, 3.8) is 0 Å². The number of carbonyl (C=O) groups is 1. The molecule has 0 spiro atoms. The van der Waals surface area contributed by atoms with Crippen LogP contribution in [0, 0.1) is 0 Å². The van der Waals surface area contributed by atoms with Crippen LogP contribution in [-0.2, 0) is 22.5 Å². The number of methoxy groups -OCH3 is 1. The van der Waals surface area contributed by atoms with Gasteiger partial charge in [-0.15, -0.1) is 0 Å². The molecule has 2 rings (SSSR count). The first-order valence-electron chi connectivity index (χ1n) is 7.45. The summed E-state index contributed by atoms with van der Waals surface area (Å²) in [6.45, 7) is 7.88. The van der Waals surface area contributed by atoms with E-state index in [1.165, 1.54) is 23.8 Å². The lowest BCUT2D eigenvalue weighted by molar-refractivity contribution is -0.136. The van der Waals surface area contributed by atoms with Gasteiger partial charge in [-0.1, -0.05) is 29.8 Å². The van der Waals surface area contributed by atoms with Gasteiger partial charge in [0, 0.05) is 23.6 Å². The number of rotatable bonds is 4. The lowest BCUT2D eigenvalue weighted by Crippen LogP contribution is -2.24. The van der Waals surface area contributed by atoms with Crippen molar-refractivity contribution < 1.29 is 9.53 Å². The van der Waals surface area contributed by atoms with Crippen LogP contribution < -0.4 is 0 Å². The van der Waals surface area contributed by atoms with Gasteiger partial charge in [0.1, 0.15) is 0 Å². The summed E-state index contributed by atoms with van der Waals surface area (Å²) in [5.74, 6) is -0.275. The molecule has 0 radical (unpaired) electrons. The zero-order valence-electron chi connectivity index (χ0n) is 13.7. The number of hydrogen-bond acceptors (Lipinski definition) is 4. The monoisotopic (exact) mass is 317 g/mol. The van der Waals surface area contributed by atoms with E-state index in [1.807, 2.05) is 6.08 Å². The van der Waals surface area contributed by atoms with Gasteiger partial charge >= 0.3 is 5.97 Å². The van der Waals surface area contributed by atoms with Crippen LogP contribution in [0.1, 0.15) is 31.9 Å².